The fourth-order valence-electron chi connectivity index (χ4n) is 1.86. The van der Waals surface area contributed by atoms with Crippen LogP contribution in [0.3, 0.4) is 0 Å². The van der Waals surface area contributed by atoms with Crippen LogP contribution in [0.5, 0.6) is 10.8 Å². The van der Waals surface area contributed by atoms with Crippen molar-refractivity contribution in [1.82, 2.24) is 4.37 Å². The minimum Gasteiger partial charge on any atom is -0.442 e. The van der Waals surface area contributed by atoms with Crippen molar-refractivity contribution in [1.29, 1.82) is 10.5 Å². The molecule has 0 aliphatic heterocycles. The van der Waals surface area contributed by atoms with Crippen molar-refractivity contribution in [2.45, 2.75) is 33.1 Å². The van der Waals surface area contributed by atoms with E-state index in [-0.39, 0.29) is 5.41 Å². The average Bonchev–Trinajstić information content (AvgIpc) is 2.81. The van der Waals surface area contributed by atoms with Crippen LogP contribution in [0.25, 0.3) is 0 Å². The van der Waals surface area contributed by atoms with Gasteiger partial charge in [-0.2, -0.15) is 14.9 Å². The molecule has 0 saturated carbocycles. The van der Waals surface area contributed by atoms with E-state index in [0.717, 1.165) is 22.8 Å². The van der Waals surface area contributed by atoms with Gasteiger partial charge in [-0.3, -0.25) is 0 Å². The molecule has 0 spiro atoms. The normalized spacial score (nSPS) is 10.8. The Labute approximate surface area is 128 Å². The highest BCUT2D eigenvalue weighted by Gasteiger charge is 2.26. The molecular weight excluding hydrogens is 282 g/mol. The molecule has 1 aromatic carbocycles. The maximum absolute atomic E-state index is 9.38. The fraction of sp³-hybridized carbons (Fsp3) is 0.312. The molecule has 0 aliphatic rings. The number of ether oxygens (including phenoxy) is 1. The van der Waals surface area contributed by atoms with Crippen LogP contribution in [0.15, 0.2) is 18.2 Å². The molecule has 1 aromatic heterocycles. The van der Waals surface area contributed by atoms with E-state index in [1.807, 2.05) is 33.8 Å². The second kappa shape index (κ2) is 5.55. The van der Waals surface area contributed by atoms with Gasteiger partial charge in [0.25, 0.3) is 0 Å². The van der Waals surface area contributed by atoms with Crippen LogP contribution >= 0.6 is 11.5 Å². The average molecular weight is 297 g/mol. The topological polar surface area (TPSA) is 69.7 Å². The van der Waals surface area contributed by atoms with E-state index < -0.39 is 0 Å². The smallest absolute Gasteiger partial charge is 0.218 e. The van der Waals surface area contributed by atoms with E-state index >= 15 is 0 Å². The molecule has 5 heteroatoms. The third kappa shape index (κ3) is 3.04. The molecule has 4 nitrogen and oxygen atoms in total. The maximum atomic E-state index is 9.38. The molecule has 0 saturated heterocycles. The highest BCUT2D eigenvalue weighted by atomic mass is 32.1. The zero-order valence-electron chi connectivity index (χ0n) is 12.4. The third-order valence-corrected chi connectivity index (χ3v) is 3.67. The first-order chi connectivity index (χ1) is 9.86. The van der Waals surface area contributed by atoms with E-state index in [9.17, 15) is 5.26 Å². The van der Waals surface area contributed by atoms with Crippen LogP contribution in [0.1, 0.15) is 43.2 Å². The Morgan fingerprint density at radius 3 is 2.48 bits per heavy atom. The summed E-state index contributed by atoms with van der Waals surface area (Å²) < 4.78 is 10.1. The number of aryl methyl sites for hydroxylation is 1. The van der Waals surface area contributed by atoms with Gasteiger partial charge < -0.3 is 4.74 Å². The van der Waals surface area contributed by atoms with Gasteiger partial charge in [-0.25, -0.2) is 0 Å². The van der Waals surface area contributed by atoms with Crippen LogP contribution in [-0.4, -0.2) is 4.37 Å². The number of hydrogen-bond acceptors (Lipinski definition) is 5. The van der Waals surface area contributed by atoms with Crippen molar-refractivity contribution >= 4 is 11.5 Å². The quantitative estimate of drug-likeness (QED) is 0.829. The molecule has 2 aromatic rings. The van der Waals surface area contributed by atoms with Crippen LogP contribution in [0, 0.1) is 29.6 Å². The highest BCUT2D eigenvalue weighted by molar-refractivity contribution is 7.08. The lowest BCUT2D eigenvalue weighted by Gasteiger charge is -2.15. The van der Waals surface area contributed by atoms with Gasteiger partial charge in [0.1, 0.15) is 23.5 Å². The molecule has 0 bridgehead atoms. The molecular formula is C16H15N3OS. The Hall–Kier alpha value is -2.37. The Kier molecular flexibility index (Phi) is 3.97. The van der Waals surface area contributed by atoms with Crippen molar-refractivity contribution in [2.24, 2.45) is 0 Å². The summed E-state index contributed by atoms with van der Waals surface area (Å²) in [5.74, 6) is 0.457. The molecule has 0 fully saturated rings. The predicted molar refractivity (Wildman–Crippen MR) is 81.5 cm³/mol. The molecule has 0 atom stereocenters. The molecule has 106 valence electrons. The van der Waals surface area contributed by atoms with Gasteiger partial charge >= 0.3 is 0 Å². The van der Waals surface area contributed by atoms with Crippen molar-refractivity contribution in [2.75, 3.05) is 0 Å². The Morgan fingerprint density at radius 1 is 1.19 bits per heavy atom. The molecule has 0 amide bonds. The summed E-state index contributed by atoms with van der Waals surface area (Å²) in [6.45, 7) is 7.92. The van der Waals surface area contributed by atoms with Gasteiger partial charge in [0.15, 0.2) is 0 Å². The van der Waals surface area contributed by atoms with E-state index in [1.165, 1.54) is 0 Å². The van der Waals surface area contributed by atoms with Crippen molar-refractivity contribution in [3.8, 4) is 23.0 Å². The van der Waals surface area contributed by atoms with Gasteiger partial charge in [-0.05, 0) is 24.6 Å². The Morgan fingerprint density at radius 2 is 1.90 bits per heavy atom. The van der Waals surface area contributed by atoms with Crippen LogP contribution < -0.4 is 4.74 Å². The summed E-state index contributed by atoms with van der Waals surface area (Å²) in [5, 5.41) is 19.0. The zero-order valence-corrected chi connectivity index (χ0v) is 13.2. The molecule has 1 heterocycles. The number of hydrogen-bond donors (Lipinski definition) is 0. The lowest BCUT2D eigenvalue weighted by molar-refractivity contribution is 0.490. The van der Waals surface area contributed by atoms with Gasteiger partial charge in [0, 0.05) is 16.9 Å². The summed E-state index contributed by atoms with van der Waals surface area (Å²) in [4.78, 5) is 0. The van der Waals surface area contributed by atoms with Crippen LogP contribution in [0.4, 0.5) is 0 Å². The molecule has 21 heavy (non-hydrogen) atoms. The maximum Gasteiger partial charge on any atom is 0.218 e. The minimum absolute atomic E-state index is 0.228. The predicted octanol–water partition coefficient (Wildman–Crippen LogP) is 4.28. The molecule has 2 rings (SSSR count). The third-order valence-electron chi connectivity index (χ3n) is 2.94. The summed E-state index contributed by atoms with van der Waals surface area (Å²) in [5.41, 5.74) is 2.36. The Bertz CT molecular complexity index is 757. The lowest BCUT2D eigenvalue weighted by atomic mass is 9.90. The fourth-order valence-corrected chi connectivity index (χ4v) is 2.76. The van der Waals surface area contributed by atoms with E-state index in [2.05, 4.69) is 16.5 Å². The van der Waals surface area contributed by atoms with E-state index in [0.29, 0.717) is 21.9 Å². The first-order valence-electron chi connectivity index (χ1n) is 6.45. The molecule has 0 unspecified atom stereocenters. The first-order valence-corrected chi connectivity index (χ1v) is 7.23. The summed E-state index contributed by atoms with van der Waals surface area (Å²) >= 11 is 1.14. The van der Waals surface area contributed by atoms with Crippen LogP contribution in [0.2, 0.25) is 0 Å². The van der Waals surface area contributed by atoms with Crippen molar-refractivity contribution in [3.05, 3.63) is 40.6 Å². The lowest BCUT2D eigenvalue weighted by Crippen LogP contribution is -2.13. The number of aromatic nitrogens is 1. The SMILES string of the molecule is Cc1ccc(C#N)c(Oc2snc(C(C)(C)C)c2C#N)c1. The van der Waals surface area contributed by atoms with E-state index in [4.69, 9.17) is 10.00 Å². The molecule has 0 N–H and O–H groups in total. The van der Waals surface area contributed by atoms with Crippen molar-refractivity contribution < 1.29 is 4.74 Å². The standard InChI is InChI=1S/C16H15N3OS/c1-10-5-6-11(8-17)13(7-10)20-15-12(9-18)14(19-21-15)16(2,3)4/h5-7H,1-4H3. The van der Waals surface area contributed by atoms with Crippen LogP contribution in [-0.2, 0) is 5.41 Å². The summed E-state index contributed by atoms with van der Waals surface area (Å²) in [6, 6.07) is 9.61. The van der Waals surface area contributed by atoms with E-state index in [1.54, 1.807) is 12.1 Å². The van der Waals surface area contributed by atoms with Gasteiger partial charge in [0.05, 0.1) is 11.3 Å². The highest BCUT2D eigenvalue weighted by Crippen LogP contribution is 2.37. The monoisotopic (exact) mass is 297 g/mol. The Balaban J connectivity index is 2.47. The number of rotatable bonds is 2. The number of nitrogens with zero attached hydrogens (tertiary/aromatic N) is 3. The number of benzene rings is 1. The van der Waals surface area contributed by atoms with Gasteiger partial charge in [-0.15, -0.1) is 0 Å². The number of nitriles is 2. The van der Waals surface area contributed by atoms with Gasteiger partial charge in [0.2, 0.25) is 5.06 Å². The van der Waals surface area contributed by atoms with Crippen molar-refractivity contribution in [3.63, 3.8) is 0 Å². The second-order valence-electron chi connectivity index (χ2n) is 5.77. The second-order valence-corrected chi connectivity index (χ2v) is 6.50. The molecule has 0 radical (unpaired) electrons. The minimum atomic E-state index is -0.228. The first kappa shape index (κ1) is 15.0. The molecule has 0 aliphatic carbocycles. The summed E-state index contributed by atoms with van der Waals surface area (Å²) in [7, 11) is 0. The van der Waals surface area contributed by atoms with Gasteiger partial charge in [-0.1, -0.05) is 26.8 Å². The largest absolute Gasteiger partial charge is 0.442 e. The zero-order chi connectivity index (χ0) is 15.6. The summed E-state index contributed by atoms with van der Waals surface area (Å²) in [6.07, 6.45) is 0.